The van der Waals surface area contributed by atoms with E-state index in [4.69, 9.17) is 11.6 Å². The number of halogens is 1. The van der Waals surface area contributed by atoms with Gasteiger partial charge in [-0.2, -0.15) is 0 Å². The van der Waals surface area contributed by atoms with Gasteiger partial charge >= 0.3 is 0 Å². The molecule has 0 aliphatic heterocycles. The summed E-state index contributed by atoms with van der Waals surface area (Å²) in [4.78, 5) is 0. The van der Waals surface area contributed by atoms with E-state index in [1.54, 1.807) is 0 Å². The number of benzene rings is 1. The van der Waals surface area contributed by atoms with Crippen molar-refractivity contribution in [3.05, 3.63) is 34.3 Å². The summed E-state index contributed by atoms with van der Waals surface area (Å²) in [5.41, 5.74) is 2.48. The van der Waals surface area contributed by atoms with Gasteiger partial charge < -0.3 is 5.32 Å². The molecule has 0 spiro atoms. The van der Waals surface area contributed by atoms with Crippen molar-refractivity contribution in [2.45, 2.75) is 33.6 Å². The molecule has 0 radical (unpaired) electrons. The van der Waals surface area contributed by atoms with Crippen LogP contribution in [0.5, 0.6) is 0 Å². The predicted octanol–water partition coefficient (Wildman–Crippen LogP) is 4.00. The topological polar surface area (TPSA) is 12.0 Å². The number of nitrogens with one attached hydrogen (secondary N) is 1. The molecule has 16 heavy (non-hydrogen) atoms. The normalized spacial score (nSPS) is 14.8. The van der Waals surface area contributed by atoms with Crippen molar-refractivity contribution in [3.63, 3.8) is 0 Å². The summed E-state index contributed by atoms with van der Waals surface area (Å²) >= 11 is 6.15. The van der Waals surface area contributed by atoms with Gasteiger partial charge in [0.25, 0.3) is 0 Å². The maximum Gasteiger partial charge on any atom is 0.0438 e. The van der Waals surface area contributed by atoms with Crippen molar-refractivity contribution in [1.82, 2.24) is 5.32 Å². The first-order valence-electron chi connectivity index (χ1n) is 6.03. The molecule has 1 aromatic carbocycles. The van der Waals surface area contributed by atoms with Crippen LogP contribution in [0.3, 0.4) is 0 Å². The third-order valence-electron chi connectivity index (χ3n) is 3.29. The molecule has 2 atom stereocenters. The van der Waals surface area contributed by atoms with Crippen molar-refractivity contribution >= 4 is 11.6 Å². The zero-order chi connectivity index (χ0) is 12.1. The largest absolute Gasteiger partial charge is 0.317 e. The van der Waals surface area contributed by atoms with Crippen LogP contribution in [0.4, 0.5) is 0 Å². The fourth-order valence-electron chi connectivity index (χ4n) is 1.77. The van der Waals surface area contributed by atoms with Crippen LogP contribution in [0, 0.1) is 12.8 Å². The average Bonchev–Trinajstić information content (AvgIpc) is 2.28. The molecule has 1 N–H and O–H groups in total. The molecule has 0 saturated carbocycles. The molecule has 1 nitrogen and oxygen atoms in total. The lowest BCUT2D eigenvalue weighted by Gasteiger charge is -2.21. The van der Waals surface area contributed by atoms with E-state index in [9.17, 15) is 0 Å². The Bertz CT molecular complexity index is 336. The quantitative estimate of drug-likeness (QED) is 0.819. The maximum atomic E-state index is 6.15. The molecular formula is C14H22ClN. The Morgan fingerprint density at radius 1 is 1.31 bits per heavy atom. The van der Waals surface area contributed by atoms with Crippen LogP contribution in [0.2, 0.25) is 5.02 Å². The molecule has 0 aromatic heterocycles. The monoisotopic (exact) mass is 239 g/mol. The van der Waals surface area contributed by atoms with E-state index >= 15 is 0 Å². The number of hydrogen-bond acceptors (Lipinski definition) is 1. The Morgan fingerprint density at radius 2 is 2.00 bits per heavy atom. The highest BCUT2D eigenvalue weighted by Gasteiger charge is 2.14. The first-order chi connectivity index (χ1) is 7.56. The van der Waals surface area contributed by atoms with Crippen LogP contribution >= 0.6 is 11.6 Å². The van der Waals surface area contributed by atoms with Crippen LogP contribution in [-0.2, 0) is 0 Å². The van der Waals surface area contributed by atoms with Crippen molar-refractivity contribution in [1.29, 1.82) is 0 Å². The van der Waals surface area contributed by atoms with E-state index in [1.165, 1.54) is 5.56 Å². The highest BCUT2D eigenvalue weighted by atomic mass is 35.5. The molecule has 0 heterocycles. The van der Waals surface area contributed by atoms with Gasteiger partial charge in [-0.3, -0.25) is 0 Å². The Morgan fingerprint density at radius 3 is 2.56 bits per heavy atom. The molecule has 0 fully saturated rings. The minimum atomic E-state index is 0.539. The van der Waals surface area contributed by atoms with Gasteiger partial charge in [-0.05, 0) is 49.0 Å². The maximum absolute atomic E-state index is 6.15. The van der Waals surface area contributed by atoms with Gasteiger partial charge in [0, 0.05) is 5.02 Å². The second kappa shape index (κ2) is 6.27. The van der Waals surface area contributed by atoms with Crippen LogP contribution in [0.15, 0.2) is 18.2 Å². The minimum absolute atomic E-state index is 0.539. The molecule has 0 amide bonds. The van der Waals surface area contributed by atoms with E-state index in [1.807, 2.05) is 6.92 Å². The SMILES string of the molecule is CCNCC(C)C(C)c1ccc(C)c(Cl)c1. The fourth-order valence-corrected chi connectivity index (χ4v) is 1.96. The summed E-state index contributed by atoms with van der Waals surface area (Å²) in [5, 5.41) is 4.27. The van der Waals surface area contributed by atoms with Gasteiger partial charge in [0.15, 0.2) is 0 Å². The first kappa shape index (κ1) is 13.5. The Kier molecular flexibility index (Phi) is 5.30. The smallest absolute Gasteiger partial charge is 0.0438 e. The van der Waals surface area contributed by atoms with E-state index in [0.29, 0.717) is 11.8 Å². The Hall–Kier alpha value is -0.530. The second-order valence-corrected chi connectivity index (χ2v) is 4.99. The molecule has 0 bridgehead atoms. The van der Waals surface area contributed by atoms with Crippen LogP contribution in [-0.4, -0.2) is 13.1 Å². The predicted molar refractivity (Wildman–Crippen MR) is 72.3 cm³/mol. The minimum Gasteiger partial charge on any atom is -0.317 e. The van der Waals surface area contributed by atoms with Crippen LogP contribution in [0.1, 0.15) is 37.8 Å². The molecule has 0 saturated heterocycles. The Labute approximate surface area is 104 Å². The van der Waals surface area contributed by atoms with Crippen molar-refractivity contribution in [3.8, 4) is 0 Å². The Balaban J connectivity index is 2.71. The average molecular weight is 240 g/mol. The van der Waals surface area contributed by atoms with Crippen molar-refractivity contribution < 1.29 is 0 Å². The van der Waals surface area contributed by atoms with Gasteiger partial charge in [0.2, 0.25) is 0 Å². The fraction of sp³-hybridized carbons (Fsp3) is 0.571. The van der Waals surface area contributed by atoms with Gasteiger partial charge in [-0.1, -0.05) is 44.5 Å². The standard InChI is InChI=1S/C14H22ClN/c1-5-16-9-11(3)12(4)13-7-6-10(2)14(15)8-13/h6-8,11-12,16H,5,9H2,1-4H3. The first-order valence-corrected chi connectivity index (χ1v) is 6.40. The molecule has 90 valence electrons. The lowest BCUT2D eigenvalue weighted by atomic mass is 9.88. The summed E-state index contributed by atoms with van der Waals surface area (Å²) in [7, 11) is 0. The molecule has 0 aliphatic carbocycles. The number of aryl methyl sites for hydroxylation is 1. The van der Waals surface area contributed by atoms with Gasteiger partial charge in [-0.25, -0.2) is 0 Å². The zero-order valence-corrected chi connectivity index (χ0v) is 11.4. The van der Waals surface area contributed by atoms with Crippen molar-refractivity contribution in [2.75, 3.05) is 13.1 Å². The highest BCUT2D eigenvalue weighted by Crippen LogP contribution is 2.27. The summed E-state index contributed by atoms with van der Waals surface area (Å²) in [6.45, 7) is 10.8. The molecule has 2 unspecified atom stereocenters. The molecule has 1 rings (SSSR count). The lowest BCUT2D eigenvalue weighted by Crippen LogP contribution is -2.24. The van der Waals surface area contributed by atoms with E-state index < -0.39 is 0 Å². The molecule has 0 aliphatic rings. The van der Waals surface area contributed by atoms with Gasteiger partial charge in [0.1, 0.15) is 0 Å². The summed E-state index contributed by atoms with van der Waals surface area (Å²) in [5.74, 6) is 1.16. The number of rotatable bonds is 5. The van der Waals surface area contributed by atoms with E-state index in [2.05, 4.69) is 44.3 Å². The summed E-state index contributed by atoms with van der Waals surface area (Å²) < 4.78 is 0. The van der Waals surface area contributed by atoms with Crippen molar-refractivity contribution in [2.24, 2.45) is 5.92 Å². The molecule has 1 aromatic rings. The summed E-state index contributed by atoms with van der Waals surface area (Å²) in [6.07, 6.45) is 0. The van der Waals surface area contributed by atoms with Gasteiger partial charge in [-0.15, -0.1) is 0 Å². The highest BCUT2D eigenvalue weighted by molar-refractivity contribution is 6.31. The second-order valence-electron chi connectivity index (χ2n) is 4.58. The third-order valence-corrected chi connectivity index (χ3v) is 3.70. The lowest BCUT2D eigenvalue weighted by molar-refractivity contribution is 0.454. The van der Waals surface area contributed by atoms with E-state index in [-0.39, 0.29) is 0 Å². The zero-order valence-electron chi connectivity index (χ0n) is 10.7. The summed E-state index contributed by atoms with van der Waals surface area (Å²) in [6, 6.07) is 6.40. The van der Waals surface area contributed by atoms with Crippen LogP contribution in [0.25, 0.3) is 0 Å². The van der Waals surface area contributed by atoms with E-state index in [0.717, 1.165) is 23.7 Å². The third kappa shape index (κ3) is 3.50. The van der Waals surface area contributed by atoms with Gasteiger partial charge in [0.05, 0.1) is 0 Å². The van der Waals surface area contributed by atoms with Crippen LogP contribution < -0.4 is 5.32 Å². The molecule has 2 heteroatoms. The number of hydrogen-bond donors (Lipinski definition) is 1. The molecular weight excluding hydrogens is 218 g/mol.